The summed E-state index contributed by atoms with van der Waals surface area (Å²) in [6, 6.07) is 9.22. The van der Waals surface area contributed by atoms with Crippen LogP contribution in [0.15, 0.2) is 34.7 Å². The van der Waals surface area contributed by atoms with Crippen molar-refractivity contribution in [2.75, 3.05) is 5.32 Å². The average molecular weight is 329 g/mol. The van der Waals surface area contributed by atoms with Gasteiger partial charge in [-0.2, -0.15) is 0 Å². The largest absolute Gasteiger partial charge is 0.466 e. The molecule has 0 saturated heterocycles. The fourth-order valence-corrected chi connectivity index (χ4v) is 2.31. The quantitative estimate of drug-likeness (QED) is 0.835. The molecule has 0 aliphatic rings. The van der Waals surface area contributed by atoms with Gasteiger partial charge in [-0.25, -0.2) is 4.79 Å². The summed E-state index contributed by atoms with van der Waals surface area (Å²) < 4.78 is 10.5. The van der Waals surface area contributed by atoms with Crippen LogP contribution in [-0.4, -0.2) is 18.0 Å². The zero-order valence-electron chi connectivity index (χ0n) is 14.7. The van der Waals surface area contributed by atoms with Crippen LogP contribution >= 0.6 is 0 Å². The molecule has 0 aliphatic heterocycles. The fraction of sp³-hybridized carbons (Fsp3) is 0.368. The van der Waals surface area contributed by atoms with Gasteiger partial charge in [0.15, 0.2) is 6.10 Å². The molecule has 0 radical (unpaired) electrons. The van der Waals surface area contributed by atoms with E-state index in [1.54, 1.807) is 19.9 Å². The van der Waals surface area contributed by atoms with Crippen molar-refractivity contribution in [3.05, 3.63) is 53.0 Å². The SMILES string of the molecule is Cc1cc(C(=O)O[C@H](C)C(=O)Nc2ccc(C(C)C)cc2)c(C)o1. The van der Waals surface area contributed by atoms with Gasteiger partial charge in [-0.1, -0.05) is 26.0 Å². The molecule has 1 N–H and O–H groups in total. The molecule has 1 atom stereocenters. The van der Waals surface area contributed by atoms with Crippen molar-refractivity contribution >= 4 is 17.6 Å². The molecule has 1 aromatic carbocycles. The molecule has 1 amide bonds. The number of hydrogen-bond donors (Lipinski definition) is 1. The molecule has 0 bridgehead atoms. The first-order valence-electron chi connectivity index (χ1n) is 7.96. The zero-order valence-corrected chi connectivity index (χ0v) is 14.7. The second-order valence-corrected chi connectivity index (χ2v) is 6.14. The van der Waals surface area contributed by atoms with E-state index in [0.717, 1.165) is 0 Å². The number of nitrogens with one attached hydrogen (secondary N) is 1. The summed E-state index contributed by atoms with van der Waals surface area (Å²) in [6.45, 7) is 9.19. The topological polar surface area (TPSA) is 68.5 Å². The van der Waals surface area contributed by atoms with Crippen LogP contribution in [0.5, 0.6) is 0 Å². The van der Waals surface area contributed by atoms with Gasteiger partial charge in [0.2, 0.25) is 0 Å². The van der Waals surface area contributed by atoms with Gasteiger partial charge in [0.1, 0.15) is 17.1 Å². The monoisotopic (exact) mass is 329 g/mol. The maximum absolute atomic E-state index is 12.2. The Morgan fingerprint density at radius 1 is 1.08 bits per heavy atom. The Balaban J connectivity index is 1.96. The Labute approximate surface area is 142 Å². The van der Waals surface area contributed by atoms with E-state index in [0.29, 0.717) is 28.7 Å². The molecule has 0 unspecified atom stereocenters. The summed E-state index contributed by atoms with van der Waals surface area (Å²) in [5, 5.41) is 2.74. The predicted octanol–water partition coefficient (Wildman–Crippen LogP) is 4.20. The predicted molar refractivity (Wildman–Crippen MR) is 92.2 cm³/mol. The lowest BCUT2D eigenvalue weighted by Gasteiger charge is -2.14. The van der Waals surface area contributed by atoms with E-state index in [2.05, 4.69) is 19.2 Å². The van der Waals surface area contributed by atoms with Crippen molar-refractivity contribution < 1.29 is 18.7 Å². The molecule has 5 nitrogen and oxygen atoms in total. The highest BCUT2D eigenvalue weighted by Gasteiger charge is 2.22. The van der Waals surface area contributed by atoms with E-state index in [-0.39, 0.29) is 5.91 Å². The van der Waals surface area contributed by atoms with E-state index in [9.17, 15) is 9.59 Å². The van der Waals surface area contributed by atoms with Gasteiger partial charge in [0, 0.05) is 5.69 Å². The highest BCUT2D eigenvalue weighted by molar-refractivity contribution is 5.97. The maximum atomic E-state index is 12.2. The van der Waals surface area contributed by atoms with Crippen LogP contribution in [0.25, 0.3) is 0 Å². The summed E-state index contributed by atoms with van der Waals surface area (Å²) in [6.07, 6.45) is -0.906. The molecule has 1 heterocycles. The number of carbonyl (C=O) groups excluding carboxylic acids is 2. The first kappa shape index (κ1) is 17.8. The molecule has 2 rings (SSSR count). The van der Waals surface area contributed by atoms with E-state index in [1.807, 2.05) is 24.3 Å². The number of hydrogen-bond acceptors (Lipinski definition) is 4. The lowest BCUT2D eigenvalue weighted by Crippen LogP contribution is -2.30. The minimum absolute atomic E-state index is 0.341. The number of aryl methyl sites for hydroxylation is 2. The molecule has 0 aliphatic carbocycles. The molecular weight excluding hydrogens is 306 g/mol. The minimum atomic E-state index is -0.906. The lowest BCUT2D eigenvalue weighted by molar-refractivity contribution is -0.123. The summed E-state index contributed by atoms with van der Waals surface area (Å²) in [5.41, 5.74) is 2.20. The van der Waals surface area contributed by atoms with Crippen molar-refractivity contribution in [2.45, 2.75) is 46.6 Å². The Bertz CT molecular complexity index is 728. The number of carbonyl (C=O) groups is 2. The molecule has 1 aromatic heterocycles. The Hall–Kier alpha value is -2.56. The first-order valence-corrected chi connectivity index (χ1v) is 7.96. The third-order valence-electron chi connectivity index (χ3n) is 3.76. The number of anilines is 1. The highest BCUT2D eigenvalue weighted by atomic mass is 16.5. The second kappa shape index (κ2) is 7.34. The molecule has 128 valence electrons. The smallest absolute Gasteiger partial charge is 0.342 e. The molecule has 0 spiro atoms. The Kier molecular flexibility index (Phi) is 5.44. The third kappa shape index (κ3) is 4.25. The van der Waals surface area contributed by atoms with Gasteiger partial charge in [-0.15, -0.1) is 0 Å². The van der Waals surface area contributed by atoms with Gasteiger partial charge < -0.3 is 14.5 Å². The third-order valence-corrected chi connectivity index (χ3v) is 3.76. The molecule has 0 saturated carbocycles. The Morgan fingerprint density at radius 3 is 2.21 bits per heavy atom. The summed E-state index contributed by atoms with van der Waals surface area (Å²) in [4.78, 5) is 24.3. The van der Waals surface area contributed by atoms with E-state index in [1.165, 1.54) is 12.5 Å². The molecular formula is C19H23NO4. The zero-order chi connectivity index (χ0) is 17.9. The van der Waals surface area contributed by atoms with E-state index >= 15 is 0 Å². The molecule has 0 fully saturated rings. The maximum Gasteiger partial charge on any atom is 0.342 e. The van der Waals surface area contributed by atoms with Crippen LogP contribution in [0.4, 0.5) is 5.69 Å². The van der Waals surface area contributed by atoms with Crippen LogP contribution in [0.3, 0.4) is 0 Å². The van der Waals surface area contributed by atoms with Gasteiger partial charge in [-0.3, -0.25) is 4.79 Å². The molecule has 24 heavy (non-hydrogen) atoms. The van der Waals surface area contributed by atoms with Crippen molar-refractivity contribution in [2.24, 2.45) is 0 Å². The van der Waals surface area contributed by atoms with Gasteiger partial charge in [-0.05, 0) is 50.5 Å². The number of furan rings is 1. The average Bonchev–Trinajstić information content (AvgIpc) is 2.86. The van der Waals surface area contributed by atoms with Crippen molar-refractivity contribution in [3.8, 4) is 0 Å². The van der Waals surface area contributed by atoms with E-state index in [4.69, 9.17) is 9.15 Å². The number of benzene rings is 1. The van der Waals surface area contributed by atoms with Crippen molar-refractivity contribution in [1.82, 2.24) is 0 Å². The van der Waals surface area contributed by atoms with Crippen LogP contribution in [0.1, 0.15) is 54.1 Å². The number of esters is 1. The van der Waals surface area contributed by atoms with Gasteiger partial charge in [0.25, 0.3) is 5.91 Å². The van der Waals surface area contributed by atoms with E-state index < -0.39 is 12.1 Å². The van der Waals surface area contributed by atoms with Crippen molar-refractivity contribution in [1.29, 1.82) is 0 Å². The standard InChI is InChI=1S/C19H23NO4/c1-11(2)15-6-8-16(9-7-15)20-18(21)14(5)24-19(22)17-10-12(3)23-13(17)4/h6-11,14H,1-5H3,(H,20,21)/t14-/m1/s1. The van der Waals surface area contributed by atoms with Gasteiger partial charge >= 0.3 is 5.97 Å². The van der Waals surface area contributed by atoms with Crippen LogP contribution < -0.4 is 5.32 Å². The minimum Gasteiger partial charge on any atom is -0.466 e. The Morgan fingerprint density at radius 2 is 1.71 bits per heavy atom. The van der Waals surface area contributed by atoms with Crippen LogP contribution in [0, 0.1) is 13.8 Å². The highest BCUT2D eigenvalue weighted by Crippen LogP contribution is 2.18. The lowest BCUT2D eigenvalue weighted by atomic mass is 10.0. The molecule has 5 heteroatoms. The number of amides is 1. The number of rotatable bonds is 5. The molecule has 2 aromatic rings. The summed E-state index contributed by atoms with van der Waals surface area (Å²) >= 11 is 0. The van der Waals surface area contributed by atoms with Crippen molar-refractivity contribution in [3.63, 3.8) is 0 Å². The van der Waals surface area contributed by atoms with Crippen LogP contribution in [-0.2, 0) is 9.53 Å². The summed E-state index contributed by atoms with van der Waals surface area (Å²) in [7, 11) is 0. The fourth-order valence-electron chi connectivity index (χ4n) is 2.31. The number of ether oxygens (including phenoxy) is 1. The normalized spacial score (nSPS) is 12.1. The first-order chi connectivity index (χ1) is 11.3. The second-order valence-electron chi connectivity index (χ2n) is 6.14. The van der Waals surface area contributed by atoms with Gasteiger partial charge in [0.05, 0.1) is 0 Å². The van der Waals surface area contributed by atoms with Crippen LogP contribution in [0.2, 0.25) is 0 Å². The summed E-state index contributed by atoms with van der Waals surface area (Å²) in [5.74, 6) is 0.591.